The average Bonchev–Trinajstić information content (AvgIpc) is 2.29. The molecule has 1 aliphatic carbocycles. The second-order valence-corrected chi connectivity index (χ2v) is 5.65. The fraction of sp³-hybridized carbons (Fsp3) is 1.00. The third-order valence-electron chi connectivity index (χ3n) is 4.43. The minimum absolute atomic E-state index is 0.262. The van der Waals surface area contributed by atoms with E-state index in [1.165, 1.54) is 13.5 Å². The first-order valence-electron chi connectivity index (χ1n) is 6.85. The maximum atomic E-state index is 13.0. The number of ether oxygens (including phenoxy) is 1. The molecular formula is C13H22F3NO. The predicted molar refractivity (Wildman–Crippen MR) is 63.4 cm³/mol. The summed E-state index contributed by atoms with van der Waals surface area (Å²) in [5.74, 6) is -0.346. The summed E-state index contributed by atoms with van der Waals surface area (Å²) >= 11 is 0. The van der Waals surface area contributed by atoms with E-state index in [9.17, 15) is 13.2 Å². The molecule has 1 saturated carbocycles. The van der Waals surface area contributed by atoms with Crippen LogP contribution in [0.4, 0.5) is 13.2 Å². The first kappa shape index (κ1) is 14.1. The summed E-state index contributed by atoms with van der Waals surface area (Å²) in [5.41, 5.74) is -0.262. The summed E-state index contributed by atoms with van der Waals surface area (Å²) in [6.07, 6.45) is 2.11. The van der Waals surface area contributed by atoms with Crippen LogP contribution >= 0.6 is 0 Å². The van der Waals surface area contributed by atoms with Crippen molar-refractivity contribution in [2.24, 2.45) is 5.92 Å². The molecule has 18 heavy (non-hydrogen) atoms. The smallest absolute Gasteiger partial charge is 0.375 e. The fourth-order valence-electron chi connectivity index (χ4n) is 3.56. The zero-order valence-electron chi connectivity index (χ0n) is 10.9. The van der Waals surface area contributed by atoms with Crippen LogP contribution < -0.4 is 5.32 Å². The standard InChI is InChI=1S/C13H22F3NO/c1-17-11(13(14,15)16)10-5-8-18-12(9-10)6-3-2-4-7-12/h10-11,17H,2-9H2,1H3. The van der Waals surface area contributed by atoms with Gasteiger partial charge in [0, 0.05) is 6.61 Å². The van der Waals surface area contributed by atoms with Gasteiger partial charge in [0.25, 0.3) is 0 Å². The van der Waals surface area contributed by atoms with E-state index < -0.39 is 12.2 Å². The van der Waals surface area contributed by atoms with Crippen LogP contribution in [0, 0.1) is 5.92 Å². The van der Waals surface area contributed by atoms with Crippen LogP contribution in [-0.4, -0.2) is 31.5 Å². The van der Waals surface area contributed by atoms with E-state index >= 15 is 0 Å². The second kappa shape index (κ2) is 5.37. The molecule has 2 fully saturated rings. The molecule has 0 aromatic carbocycles. The van der Waals surface area contributed by atoms with Crippen LogP contribution in [0.3, 0.4) is 0 Å². The summed E-state index contributed by atoms with van der Waals surface area (Å²) in [6.45, 7) is 0.471. The molecular weight excluding hydrogens is 243 g/mol. The van der Waals surface area contributed by atoms with Crippen LogP contribution in [0.1, 0.15) is 44.9 Å². The van der Waals surface area contributed by atoms with Crippen molar-refractivity contribution in [3.63, 3.8) is 0 Å². The van der Waals surface area contributed by atoms with Gasteiger partial charge in [-0.1, -0.05) is 19.3 Å². The highest BCUT2D eigenvalue weighted by atomic mass is 19.4. The number of alkyl halides is 3. The highest BCUT2D eigenvalue weighted by Gasteiger charge is 2.48. The Labute approximate surface area is 106 Å². The number of hydrogen-bond acceptors (Lipinski definition) is 2. The minimum atomic E-state index is -4.16. The molecule has 0 bridgehead atoms. The lowest BCUT2D eigenvalue weighted by molar-refractivity contribution is -0.190. The van der Waals surface area contributed by atoms with Crippen LogP contribution in [0.5, 0.6) is 0 Å². The zero-order valence-corrected chi connectivity index (χ0v) is 10.9. The Bertz CT molecular complexity index is 268. The Morgan fingerprint density at radius 2 is 1.89 bits per heavy atom. The van der Waals surface area contributed by atoms with Gasteiger partial charge in [-0.15, -0.1) is 0 Å². The van der Waals surface area contributed by atoms with Gasteiger partial charge in [0.1, 0.15) is 6.04 Å². The van der Waals surface area contributed by atoms with Crippen LogP contribution in [0.15, 0.2) is 0 Å². The molecule has 5 heteroatoms. The van der Waals surface area contributed by atoms with Crippen molar-refractivity contribution in [1.29, 1.82) is 0 Å². The van der Waals surface area contributed by atoms with Crippen molar-refractivity contribution in [3.8, 4) is 0 Å². The maximum Gasteiger partial charge on any atom is 0.404 e. The first-order chi connectivity index (χ1) is 8.47. The Hall–Kier alpha value is -0.290. The summed E-state index contributed by atoms with van der Waals surface area (Å²) < 4.78 is 44.7. The lowest BCUT2D eigenvalue weighted by Gasteiger charge is -2.45. The molecule has 2 unspecified atom stereocenters. The molecule has 0 aromatic rings. The number of hydrogen-bond donors (Lipinski definition) is 1. The van der Waals surface area contributed by atoms with E-state index in [1.807, 2.05) is 0 Å². The molecule has 1 aliphatic heterocycles. The van der Waals surface area contributed by atoms with E-state index in [-0.39, 0.29) is 11.5 Å². The van der Waals surface area contributed by atoms with Gasteiger partial charge >= 0.3 is 6.18 Å². The summed E-state index contributed by atoms with van der Waals surface area (Å²) in [5, 5.41) is 2.45. The minimum Gasteiger partial charge on any atom is -0.375 e. The Kier molecular flexibility index (Phi) is 4.22. The normalized spacial score (nSPS) is 30.3. The summed E-state index contributed by atoms with van der Waals surface area (Å²) in [6, 6.07) is -1.39. The van der Waals surface area contributed by atoms with E-state index in [1.54, 1.807) is 0 Å². The second-order valence-electron chi connectivity index (χ2n) is 5.65. The van der Waals surface area contributed by atoms with Crippen molar-refractivity contribution >= 4 is 0 Å². The van der Waals surface area contributed by atoms with Crippen LogP contribution in [-0.2, 0) is 4.74 Å². The Morgan fingerprint density at radius 1 is 1.22 bits per heavy atom. The molecule has 0 amide bonds. The highest BCUT2D eigenvalue weighted by molar-refractivity contribution is 4.94. The zero-order chi connectivity index (χ0) is 13.2. The van der Waals surface area contributed by atoms with Crippen molar-refractivity contribution in [2.45, 2.75) is 62.8 Å². The third kappa shape index (κ3) is 2.99. The third-order valence-corrected chi connectivity index (χ3v) is 4.43. The summed E-state index contributed by atoms with van der Waals surface area (Å²) in [7, 11) is 1.40. The van der Waals surface area contributed by atoms with Crippen LogP contribution in [0.25, 0.3) is 0 Å². The van der Waals surface area contributed by atoms with Gasteiger partial charge in [0.2, 0.25) is 0 Å². The van der Waals surface area contributed by atoms with E-state index in [0.717, 1.165) is 25.7 Å². The van der Waals surface area contributed by atoms with E-state index in [0.29, 0.717) is 19.4 Å². The molecule has 2 aliphatic rings. The molecule has 0 radical (unpaired) electrons. The molecule has 106 valence electrons. The monoisotopic (exact) mass is 265 g/mol. The molecule has 2 atom stereocenters. The van der Waals surface area contributed by atoms with Gasteiger partial charge < -0.3 is 10.1 Å². The summed E-state index contributed by atoms with van der Waals surface area (Å²) in [4.78, 5) is 0. The van der Waals surface area contributed by atoms with Gasteiger partial charge in [-0.2, -0.15) is 13.2 Å². The lowest BCUT2D eigenvalue weighted by Crippen LogP contribution is -2.52. The SMILES string of the molecule is CNC(C1CCOC2(CCCCC2)C1)C(F)(F)F. The lowest BCUT2D eigenvalue weighted by atomic mass is 9.74. The molecule has 1 heterocycles. The largest absolute Gasteiger partial charge is 0.404 e. The topological polar surface area (TPSA) is 21.3 Å². The van der Waals surface area contributed by atoms with Gasteiger partial charge in [-0.25, -0.2) is 0 Å². The van der Waals surface area contributed by atoms with Crippen molar-refractivity contribution in [2.75, 3.05) is 13.7 Å². The average molecular weight is 265 g/mol. The fourth-order valence-corrected chi connectivity index (χ4v) is 3.56. The molecule has 1 saturated heterocycles. The maximum absolute atomic E-state index is 13.0. The van der Waals surface area contributed by atoms with Crippen molar-refractivity contribution < 1.29 is 17.9 Å². The molecule has 2 rings (SSSR count). The number of rotatable bonds is 2. The molecule has 2 nitrogen and oxygen atoms in total. The van der Waals surface area contributed by atoms with E-state index in [4.69, 9.17) is 4.74 Å². The Balaban J connectivity index is 2.05. The molecule has 0 aromatic heterocycles. The van der Waals surface area contributed by atoms with Gasteiger partial charge in [0.05, 0.1) is 5.60 Å². The highest BCUT2D eigenvalue weighted by Crippen LogP contribution is 2.43. The first-order valence-corrected chi connectivity index (χ1v) is 6.85. The van der Waals surface area contributed by atoms with Gasteiger partial charge in [0.15, 0.2) is 0 Å². The van der Waals surface area contributed by atoms with Crippen LogP contribution in [0.2, 0.25) is 0 Å². The Morgan fingerprint density at radius 3 is 2.44 bits per heavy atom. The predicted octanol–water partition coefficient (Wildman–Crippen LogP) is 3.27. The van der Waals surface area contributed by atoms with Crippen molar-refractivity contribution in [1.82, 2.24) is 5.32 Å². The number of halogens is 3. The number of nitrogens with one attached hydrogen (secondary N) is 1. The quantitative estimate of drug-likeness (QED) is 0.827. The van der Waals surface area contributed by atoms with Gasteiger partial charge in [-0.3, -0.25) is 0 Å². The van der Waals surface area contributed by atoms with Gasteiger partial charge in [-0.05, 0) is 38.6 Å². The molecule has 1 spiro atoms. The molecule has 1 N–H and O–H groups in total. The van der Waals surface area contributed by atoms with Crippen molar-refractivity contribution in [3.05, 3.63) is 0 Å². The van der Waals surface area contributed by atoms with E-state index in [2.05, 4.69) is 5.32 Å².